The Kier molecular flexibility index (Phi) is 5.72. The second-order valence-corrected chi connectivity index (χ2v) is 5.32. The van der Waals surface area contributed by atoms with Crippen LogP contribution in [-0.4, -0.2) is 37.9 Å². The van der Waals surface area contributed by atoms with E-state index in [0.29, 0.717) is 17.5 Å². The summed E-state index contributed by atoms with van der Waals surface area (Å²) in [4.78, 5) is 13.9. The van der Waals surface area contributed by atoms with E-state index in [1.807, 2.05) is 31.3 Å². The first-order chi connectivity index (χ1) is 10.2. The van der Waals surface area contributed by atoms with Crippen molar-refractivity contribution in [2.24, 2.45) is 0 Å². The van der Waals surface area contributed by atoms with Gasteiger partial charge in [-0.15, -0.1) is 0 Å². The highest BCUT2D eigenvalue weighted by Crippen LogP contribution is 2.25. The molecule has 0 heterocycles. The first kappa shape index (κ1) is 15.5. The van der Waals surface area contributed by atoms with Crippen molar-refractivity contribution in [1.29, 1.82) is 0 Å². The number of ether oxygens (including phenoxy) is 2. The number of hydrogen-bond acceptors (Lipinski definition) is 3. The molecule has 2 amide bonds. The van der Waals surface area contributed by atoms with Gasteiger partial charge in [0.15, 0.2) is 18.2 Å². The molecule has 1 aliphatic rings. The Balaban J connectivity index is 1.78. The predicted octanol–water partition coefficient (Wildman–Crippen LogP) is 3.01. The molecule has 0 aromatic heterocycles. The topological polar surface area (TPSA) is 50.8 Å². The Morgan fingerprint density at radius 3 is 2.57 bits per heavy atom. The zero-order chi connectivity index (χ0) is 15.1. The van der Waals surface area contributed by atoms with Crippen LogP contribution >= 0.6 is 0 Å². The molecule has 1 aliphatic carbocycles. The van der Waals surface area contributed by atoms with Crippen molar-refractivity contribution in [3.63, 3.8) is 0 Å². The number of para-hydroxylation sites is 2. The maximum Gasteiger partial charge on any atom is 0.319 e. The van der Waals surface area contributed by atoms with Gasteiger partial charge in [-0.1, -0.05) is 31.4 Å². The van der Waals surface area contributed by atoms with Crippen molar-refractivity contribution in [1.82, 2.24) is 10.2 Å². The third-order valence-corrected chi connectivity index (χ3v) is 3.96. The zero-order valence-electron chi connectivity index (χ0n) is 12.8. The monoisotopic (exact) mass is 292 g/mol. The maximum atomic E-state index is 12.1. The van der Waals surface area contributed by atoms with Gasteiger partial charge in [0.2, 0.25) is 0 Å². The zero-order valence-corrected chi connectivity index (χ0v) is 12.8. The molecule has 0 radical (unpaired) electrons. The molecule has 0 atom stereocenters. The van der Waals surface area contributed by atoms with Crippen LogP contribution in [0.25, 0.3) is 0 Å². The summed E-state index contributed by atoms with van der Waals surface area (Å²) in [6.07, 6.45) is 5.89. The minimum Gasteiger partial charge on any atom is -0.493 e. The van der Waals surface area contributed by atoms with Crippen LogP contribution in [0.4, 0.5) is 4.79 Å². The predicted molar refractivity (Wildman–Crippen MR) is 81.7 cm³/mol. The molecule has 116 valence electrons. The molecular weight excluding hydrogens is 268 g/mol. The Hall–Kier alpha value is -1.91. The van der Waals surface area contributed by atoms with Crippen LogP contribution < -0.4 is 14.8 Å². The summed E-state index contributed by atoms with van der Waals surface area (Å²) >= 11 is 0. The number of amides is 2. The van der Waals surface area contributed by atoms with Crippen molar-refractivity contribution in [3.8, 4) is 11.5 Å². The lowest BCUT2D eigenvalue weighted by Crippen LogP contribution is -2.45. The summed E-state index contributed by atoms with van der Waals surface area (Å²) in [5.41, 5.74) is 0. The number of methoxy groups -OCH3 is 1. The first-order valence-electron chi connectivity index (χ1n) is 7.49. The van der Waals surface area contributed by atoms with Crippen molar-refractivity contribution < 1.29 is 14.3 Å². The van der Waals surface area contributed by atoms with E-state index in [0.717, 1.165) is 12.8 Å². The molecule has 0 aliphatic heterocycles. The third kappa shape index (κ3) is 4.28. The van der Waals surface area contributed by atoms with E-state index in [2.05, 4.69) is 5.32 Å². The van der Waals surface area contributed by atoms with Crippen LogP contribution in [0.1, 0.15) is 32.1 Å². The van der Waals surface area contributed by atoms with Gasteiger partial charge in [-0.3, -0.25) is 0 Å². The highest BCUT2D eigenvalue weighted by Gasteiger charge is 2.21. The van der Waals surface area contributed by atoms with Crippen LogP contribution in [-0.2, 0) is 0 Å². The molecule has 1 fully saturated rings. The molecule has 1 aromatic carbocycles. The summed E-state index contributed by atoms with van der Waals surface area (Å²) in [5, 5.41) is 2.79. The second-order valence-electron chi connectivity index (χ2n) is 5.32. The fourth-order valence-electron chi connectivity index (χ4n) is 2.67. The van der Waals surface area contributed by atoms with E-state index in [-0.39, 0.29) is 12.8 Å². The van der Waals surface area contributed by atoms with Gasteiger partial charge in [0.05, 0.1) is 7.11 Å². The van der Waals surface area contributed by atoms with Crippen molar-refractivity contribution in [2.45, 2.75) is 38.1 Å². The molecule has 1 N–H and O–H groups in total. The fourth-order valence-corrected chi connectivity index (χ4v) is 2.67. The van der Waals surface area contributed by atoms with Gasteiger partial charge in [-0.25, -0.2) is 4.79 Å². The number of nitrogens with one attached hydrogen (secondary N) is 1. The minimum absolute atomic E-state index is 0.0863. The lowest BCUT2D eigenvalue weighted by Gasteiger charge is -2.31. The number of urea groups is 1. The molecular formula is C16H24N2O3. The second kappa shape index (κ2) is 7.76. The van der Waals surface area contributed by atoms with Gasteiger partial charge in [-0.2, -0.15) is 0 Å². The van der Waals surface area contributed by atoms with Crippen molar-refractivity contribution in [3.05, 3.63) is 24.3 Å². The van der Waals surface area contributed by atoms with Gasteiger partial charge in [0.25, 0.3) is 0 Å². The molecule has 1 saturated carbocycles. The highest BCUT2D eigenvalue weighted by atomic mass is 16.5. The molecule has 5 nitrogen and oxygen atoms in total. The number of rotatable bonds is 5. The SMILES string of the molecule is COc1ccccc1OCNC(=O)N(C)C1CCCCC1. The number of hydrogen-bond donors (Lipinski definition) is 1. The Morgan fingerprint density at radius 1 is 1.24 bits per heavy atom. The summed E-state index contributed by atoms with van der Waals surface area (Å²) in [7, 11) is 3.45. The van der Waals surface area contributed by atoms with Gasteiger partial charge in [0.1, 0.15) is 0 Å². The Bertz CT molecular complexity index is 459. The fraction of sp³-hybridized carbons (Fsp3) is 0.562. The number of nitrogens with zero attached hydrogens (tertiary/aromatic N) is 1. The average Bonchev–Trinajstić information content (AvgIpc) is 2.55. The van der Waals surface area contributed by atoms with E-state index in [9.17, 15) is 4.79 Å². The van der Waals surface area contributed by atoms with E-state index in [4.69, 9.17) is 9.47 Å². The summed E-state index contributed by atoms with van der Waals surface area (Å²) in [6.45, 7) is 0.135. The van der Waals surface area contributed by atoms with E-state index >= 15 is 0 Å². The molecule has 0 unspecified atom stereocenters. The highest BCUT2D eigenvalue weighted by molar-refractivity contribution is 5.74. The lowest BCUT2D eigenvalue weighted by atomic mass is 9.95. The molecule has 0 bridgehead atoms. The first-order valence-corrected chi connectivity index (χ1v) is 7.49. The molecule has 5 heteroatoms. The van der Waals surface area contributed by atoms with Crippen LogP contribution in [0.2, 0.25) is 0 Å². The minimum atomic E-state index is -0.0863. The quantitative estimate of drug-likeness (QED) is 0.849. The lowest BCUT2D eigenvalue weighted by molar-refractivity contribution is 0.163. The summed E-state index contributed by atoms with van der Waals surface area (Å²) in [5.74, 6) is 1.29. The number of carbonyl (C=O) groups excluding carboxylic acids is 1. The molecule has 1 aromatic rings. The van der Waals surface area contributed by atoms with Crippen LogP contribution in [0.3, 0.4) is 0 Å². The van der Waals surface area contributed by atoms with Crippen LogP contribution in [0.5, 0.6) is 11.5 Å². The Labute approximate surface area is 126 Å². The molecule has 21 heavy (non-hydrogen) atoms. The number of carbonyl (C=O) groups is 1. The van der Waals surface area contributed by atoms with Crippen molar-refractivity contribution >= 4 is 6.03 Å². The standard InChI is InChI=1S/C16H24N2O3/c1-18(13-8-4-3-5-9-13)16(19)17-12-21-15-11-7-6-10-14(15)20-2/h6-7,10-11,13H,3-5,8-9,12H2,1-2H3,(H,17,19). The average molecular weight is 292 g/mol. The largest absolute Gasteiger partial charge is 0.493 e. The van der Waals surface area contributed by atoms with Gasteiger partial charge >= 0.3 is 6.03 Å². The summed E-state index contributed by atoms with van der Waals surface area (Å²) in [6, 6.07) is 7.65. The third-order valence-electron chi connectivity index (χ3n) is 3.96. The van der Waals surface area contributed by atoms with E-state index in [1.165, 1.54) is 19.3 Å². The number of benzene rings is 1. The molecule has 0 spiro atoms. The van der Waals surface area contributed by atoms with Gasteiger partial charge in [-0.05, 0) is 25.0 Å². The maximum absolute atomic E-state index is 12.1. The summed E-state index contributed by atoms with van der Waals surface area (Å²) < 4.78 is 10.7. The molecule has 2 rings (SSSR count). The smallest absolute Gasteiger partial charge is 0.319 e. The molecule has 0 saturated heterocycles. The normalized spacial score (nSPS) is 15.3. The van der Waals surface area contributed by atoms with Crippen LogP contribution in [0, 0.1) is 0 Å². The van der Waals surface area contributed by atoms with E-state index < -0.39 is 0 Å². The van der Waals surface area contributed by atoms with Crippen molar-refractivity contribution in [2.75, 3.05) is 20.9 Å². The van der Waals surface area contributed by atoms with Gasteiger partial charge < -0.3 is 19.7 Å². The van der Waals surface area contributed by atoms with Crippen LogP contribution in [0.15, 0.2) is 24.3 Å². The Morgan fingerprint density at radius 2 is 1.90 bits per heavy atom. The van der Waals surface area contributed by atoms with E-state index in [1.54, 1.807) is 12.0 Å². The van der Waals surface area contributed by atoms with Gasteiger partial charge in [0, 0.05) is 13.1 Å².